The van der Waals surface area contributed by atoms with Crippen molar-refractivity contribution in [3.63, 3.8) is 0 Å². The Balaban J connectivity index is 1.91. The number of rotatable bonds is 2. The zero-order valence-corrected chi connectivity index (χ0v) is 10.9. The quantitative estimate of drug-likeness (QED) is 0.782. The molecule has 4 heteroatoms. The van der Waals surface area contributed by atoms with Crippen molar-refractivity contribution in [2.75, 3.05) is 0 Å². The highest BCUT2D eigenvalue weighted by molar-refractivity contribution is 6.07. The number of pyridine rings is 2. The van der Waals surface area contributed by atoms with Crippen molar-refractivity contribution in [2.24, 2.45) is 0 Å². The fourth-order valence-corrected chi connectivity index (χ4v) is 2.65. The van der Waals surface area contributed by atoms with Crippen molar-refractivity contribution in [3.8, 4) is 0 Å². The highest BCUT2D eigenvalue weighted by Gasteiger charge is 2.37. The molecule has 20 heavy (non-hydrogen) atoms. The van der Waals surface area contributed by atoms with E-state index in [1.165, 1.54) is 0 Å². The van der Waals surface area contributed by atoms with E-state index in [4.69, 9.17) is 0 Å². The van der Waals surface area contributed by atoms with Crippen LogP contribution in [0, 0.1) is 0 Å². The first-order valence-corrected chi connectivity index (χ1v) is 6.63. The summed E-state index contributed by atoms with van der Waals surface area (Å²) in [7, 11) is 0. The van der Waals surface area contributed by atoms with Gasteiger partial charge >= 0.3 is 0 Å². The van der Waals surface area contributed by atoms with Crippen LogP contribution < -0.4 is 0 Å². The van der Waals surface area contributed by atoms with Crippen LogP contribution >= 0.6 is 0 Å². The summed E-state index contributed by atoms with van der Waals surface area (Å²) in [5, 5.41) is 0. The molecule has 2 atom stereocenters. The van der Waals surface area contributed by atoms with Gasteiger partial charge in [0.25, 0.3) is 0 Å². The number of nitrogens with zero attached hydrogens (tertiary/aromatic N) is 2. The molecule has 1 fully saturated rings. The van der Waals surface area contributed by atoms with Crippen molar-refractivity contribution >= 4 is 11.6 Å². The van der Waals surface area contributed by atoms with Gasteiger partial charge in [-0.2, -0.15) is 0 Å². The SMILES string of the molecule is O=C1CC(=O)C(c2ccccn2)CC1c1ccccn1. The smallest absolute Gasteiger partial charge is 0.149 e. The van der Waals surface area contributed by atoms with E-state index in [1.807, 2.05) is 36.4 Å². The third-order valence-corrected chi connectivity index (χ3v) is 3.69. The highest BCUT2D eigenvalue weighted by Crippen LogP contribution is 2.35. The van der Waals surface area contributed by atoms with Gasteiger partial charge in [-0.1, -0.05) is 12.1 Å². The minimum Gasteiger partial charge on any atom is -0.298 e. The molecule has 0 N–H and O–H groups in total. The third-order valence-electron chi connectivity index (χ3n) is 3.69. The van der Waals surface area contributed by atoms with Crippen molar-refractivity contribution in [2.45, 2.75) is 24.7 Å². The molecular formula is C16H14N2O2. The Morgan fingerprint density at radius 3 is 1.70 bits per heavy atom. The molecule has 2 unspecified atom stereocenters. The Morgan fingerprint density at radius 1 is 0.800 bits per heavy atom. The number of carbonyl (C=O) groups excluding carboxylic acids is 2. The lowest BCUT2D eigenvalue weighted by Gasteiger charge is -2.26. The molecule has 0 bridgehead atoms. The summed E-state index contributed by atoms with van der Waals surface area (Å²) in [6.07, 6.45) is 3.79. The Bertz CT molecular complexity index is 570. The topological polar surface area (TPSA) is 59.9 Å². The molecule has 0 spiro atoms. The van der Waals surface area contributed by atoms with E-state index in [-0.39, 0.29) is 29.8 Å². The van der Waals surface area contributed by atoms with Gasteiger partial charge in [0.1, 0.15) is 11.6 Å². The van der Waals surface area contributed by atoms with Gasteiger partial charge in [0, 0.05) is 12.4 Å². The first-order valence-electron chi connectivity index (χ1n) is 6.63. The number of hydrogen-bond donors (Lipinski definition) is 0. The molecule has 2 aromatic rings. The van der Waals surface area contributed by atoms with E-state index in [1.54, 1.807) is 12.4 Å². The Kier molecular flexibility index (Phi) is 3.37. The summed E-state index contributed by atoms with van der Waals surface area (Å²) >= 11 is 0. The average molecular weight is 266 g/mol. The van der Waals surface area contributed by atoms with Crippen LogP contribution in [-0.2, 0) is 9.59 Å². The lowest BCUT2D eigenvalue weighted by molar-refractivity contribution is -0.132. The minimum absolute atomic E-state index is 0.0253. The number of ketones is 2. The van der Waals surface area contributed by atoms with Crippen LogP contribution in [0.15, 0.2) is 48.8 Å². The van der Waals surface area contributed by atoms with Gasteiger partial charge in [-0.15, -0.1) is 0 Å². The van der Waals surface area contributed by atoms with Crippen molar-refractivity contribution in [1.29, 1.82) is 0 Å². The Morgan fingerprint density at radius 2 is 1.30 bits per heavy atom. The van der Waals surface area contributed by atoms with Crippen LogP contribution in [0.4, 0.5) is 0 Å². The van der Waals surface area contributed by atoms with Crippen molar-refractivity contribution in [1.82, 2.24) is 9.97 Å². The second-order valence-electron chi connectivity index (χ2n) is 4.96. The van der Waals surface area contributed by atoms with Gasteiger partial charge in [-0.3, -0.25) is 19.6 Å². The number of hydrogen-bond acceptors (Lipinski definition) is 4. The van der Waals surface area contributed by atoms with E-state index in [9.17, 15) is 9.59 Å². The Labute approximate surface area is 116 Å². The minimum atomic E-state index is -0.305. The first kappa shape index (κ1) is 12.7. The summed E-state index contributed by atoms with van der Waals surface area (Å²) in [5.74, 6) is -0.691. The second-order valence-corrected chi connectivity index (χ2v) is 4.96. The molecule has 0 aliphatic heterocycles. The fourth-order valence-electron chi connectivity index (χ4n) is 2.65. The van der Waals surface area contributed by atoms with Gasteiger partial charge in [-0.05, 0) is 30.7 Å². The zero-order chi connectivity index (χ0) is 13.9. The van der Waals surface area contributed by atoms with E-state index >= 15 is 0 Å². The molecule has 4 nitrogen and oxygen atoms in total. The molecule has 0 radical (unpaired) electrons. The van der Waals surface area contributed by atoms with E-state index in [2.05, 4.69) is 9.97 Å². The molecule has 0 amide bonds. The second kappa shape index (κ2) is 5.33. The maximum atomic E-state index is 12.1. The average Bonchev–Trinajstić information content (AvgIpc) is 2.49. The summed E-state index contributed by atoms with van der Waals surface area (Å²) in [5.41, 5.74) is 1.48. The number of Topliss-reactive ketones (excluding diaryl/α,β-unsaturated/α-hetero) is 2. The molecule has 1 saturated carbocycles. The molecule has 0 saturated heterocycles. The summed E-state index contributed by atoms with van der Waals surface area (Å²) < 4.78 is 0. The fraction of sp³-hybridized carbons (Fsp3) is 0.250. The van der Waals surface area contributed by atoms with Gasteiger partial charge in [0.2, 0.25) is 0 Å². The number of carbonyl (C=O) groups is 2. The van der Waals surface area contributed by atoms with Gasteiger partial charge in [-0.25, -0.2) is 0 Å². The van der Waals surface area contributed by atoms with Crippen LogP contribution in [0.25, 0.3) is 0 Å². The highest BCUT2D eigenvalue weighted by atomic mass is 16.2. The monoisotopic (exact) mass is 266 g/mol. The van der Waals surface area contributed by atoms with Crippen LogP contribution in [0.1, 0.15) is 36.1 Å². The summed E-state index contributed by atoms with van der Waals surface area (Å²) in [4.78, 5) is 32.7. The number of aromatic nitrogens is 2. The summed E-state index contributed by atoms with van der Waals surface area (Å²) in [6, 6.07) is 11.0. The predicted molar refractivity (Wildman–Crippen MR) is 73.2 cm³/mol. The van der Waals surface area contributed by atoms with Crippen molar-refractivity contribution < 1.29 is 9.59 Å². The lowest BCUT2D eigenvalue weighted by Crippen LogP contribution is -2.30. The van der Waals surface area contributed by atoms with Crippen LogP contribution in [0.5, 0.6) is 0 Å². The van der Waals surface area contributed by atoms with E-state index in [0.717, 1.165) is 11.4 Å². The molecule has 100 valence electrons. The van der Waals surface area contributed by atoms with Crippen molar-refractivity contribution in [3.05, 3.63) is 60.2 Å². The van der Waals surface area contributed by atoms with Gasteiger partial charge in [0.05, 0.1) is 29.6 Å². The molecule has 3 rings (SSSR count). The normalized spacial score (nSPS) is 22.8. The molecule has 1 aliphatic carbocycles. The zero-order valence-electron chi connectivity index (χ0n) is 10.9. The molecule has 1 aliphatic rings. The predicted octanol–water partition coefficient (Wildman–Crippen LogP) is 2.28. The van der Waals surface area contributed by atoms with E-state index < -0.39 is 0 Å². The molecule has 0 aromatic carbocycles. The standard InChI is InChI=1S/C16H14N2O2/c19-15-10-16(20)12(14-6-2-4-8-18-14)9-11(15)13-5-1-3-7-17-13/h1-8,11-12H,9-10H2. The van der Waals surface area contributed by atoms with Crippen LogP contribution in [-0.4, -0.2) is 21.5 Å². The lowest BCUT2D eigenvalue weighted by atomic mass is 9.76. The van der Waals surface area contributed by atoms with E-state index in [0.29, 0.717) is 6.42 Å². The van der Waals surface area contributed by atoms with Gasteiger partial charge < -0.3 is 0 Å². The molecular weight excluding hydrogens is 252 g/mol. The van der Waals surface area contributed by atoms with Crippen LogP contribution in [0.3, 0.4) is 0 Å². The third kappa shape index (κ3) is 2.37. The summed E-state index contributed by atoms with van der Waals surface area (Å²) in [6.45, 7) is 0. The largest absolute Gasteiger partial charge is 0.298 e. The maximum Gasteiger partial charge on any atom is 0.149 e. The first-order chi connectivity index (χ1) is 9.75. The van der Waals surface area contributed by atoms with Crippen LogP contribution in [0.2, 0.25) is 0 Å². The Hall–Kier alpha value is -2.36. The maximum absolute atomic E-state index is 12.1. The molecule has 2 heterocycles. The molecule has 2 aromatic heterocycles. The van der Waals surface area contributed by atoms with Gasteiger partial charge in [0.15, 0.2) is 0 Å².